The molecular weight excluding hydrogens is 212 g/mol. The van der Waals surface area contributed by atoms with Crippen LogP contribution in [0.2, 0.25) is 0 Å². The zero-order valence-corrected chi connectivity index (χ0v) is 12.3. The van der Waals surface area contributed by atoms with E-state index in [4.69, 9.17) is 0 Å². The van der Waals surface area contributed by atoms with E-state index in [1.165, 1.54) is 0 Å². The summed E-state index contributed by atoms with van der Waals surface area (Å²) in [6, 6.07) is 0.361. The van der Waals surface area contributed by atoms with Crippen molar-refractivity contribution in [2.24, 2.45) is 5.41 Å². The van der Waals surface area contributed by atoms with Gasteiger partial charge in [-0.3, -0.25) is 9.69 Å². The van der Waals surface area contributed by atoms with E-state index < -0.39 is 0 Å². The van der Waals surface area contributed by atoms with Crippen LogP contribution < -0.4 is 5.32 Å². The molecule has 0 bridgehead atoms. The molecule has 0 atom stereocenters. The van der Waals surface area contributed by atoms with Crippen molar-refractivity contribution in [3.63, 3.8) is 0 Å². The van der Waals surface area contributed by atoms with Gasteiger partial charge in [0.2, 0.25) is 5.91 Å². The molecular formula is C14H28N2O. The Morgan fingerprint density at radius 2 is 1.53 bits per heavy atom. The maximum Gasteiger partial charge on any atom is 0.225 e. The minimum atomic E-state index is -0.277. The first kappa shape index (κ1) is 14.5. The number of nitrogens with one attached hydrogen (secondary N) is 1. The summed E-state index contributed by atoms with van der Waals surface area (Å²) in [7, 11) is 0. The molecule has 0 saturated carbocycles. The lowest BCUT2D eigenvalue weighted by atomic mass is 9.93. The highest BCUT2D eigenvalue weighted by atomic mass is 16.2. The van der Waals surface area contributed by atoms with E-state index in [0.717, 1.165) is 25.9 Å². The zero-order chi connectivity index (χ0) is 13.3. The molecule has 1 aliphatic heterocycles. The van der Waals surface area contributed by atoms with Gasteiger partial charge in [-0.25, -0.2) is 0 Å². The van der Waals surface area contributed by atoms with Gasteiger partial charge in [0, 0.05) is 30.1 Å². The number of amides is 1. The molecule has 0 radical (unpaired) electrons. The number of hydrogen-bond acceptors (Lipinski definition) is 2. The second-order valence-electron chi connectivity index (χ2n) is 7.16. The molecule has 17 heavy (non-hydrogen) atoms. The number of likely N-dealkylation sites (tertiary alicyclic amines) is 1. The van der Waals surface area contributed by atoms with Crippen LogP contribution in [0.3, 0.4) is 0 Å². The van der Waals surface area contributed by atoms with Crippen molar-refractivity contribution in [1.29, 1.82) is 0 Å². The SMILES string of the molecule is CC(C)(C)C(=O)NC1CCN(C(C)(C)C)CC1. The number of piperidine rings is 1. The van der Waals surface area contributed by atoms with Crippen LogP contribution in [-0.2, 0) is 4.79 Å². The Kier molecular flexibility index (Phi) is 4.23. The summed E-state index contributed by atoms with van der Waals surface area (Å²) in [6.07, 6.45) is 2.14. The van der Waals surface area contributed by atoms with Crippen molar-refractivity contribution in [2.75, 3.05) is 13.1 Å². The smallest absolute Gasteiger partial charge is 0.225 e. The minimum absolute atomic E-state index is 0.173. The summed E-state index contributed by atoms with van der Waals surface area (Å²) in [4.78, 5) is 14.4. The Hall–Kier alpha value is -0.570. The van der Waals surface area contributed by atoms with E-state index in [2.05, 4.69) is 31.0 Å². The van der Waals surface area contributed by atoms with Crippen molar-refractivity contribution < 1.29 is 4.79 Å². The van der Waals surface area contributed by atoms with Gasteiger partial charge in [0.1, 0.15) is 0 Å². The molecule has 0 spiro atoms. The summed E-state index contributed by atoms with van der Waals surface area (Å²) in [5, 5.41) is 3.17. The van der Waals surface area contributed by atoms with Gasteiger partial charge in [0.05, 0.1) is 0 Å². The fraction of sp³-hybridized carbons (Fsp3) is 0.929. The van der Waals surface area contributed by atoms with Crippen molar-refractivity contribution in [1.82, 2.24) is 10.2 Å². The molecule has 1 amide bonds. The van der Waals surface area contributed by atoms with Crippen molar-refractivity contribution in [3.05, 3.63) is 0 Å². The fourth-order valence-corrected chi connectivity index (χ4v) is 2.10. The number of hydrogen-bond donors (Lipinski definition) is 1. The molecule has 0 aromatic heterocycles. The Morgan fingerprint density at radius 1 is 1.06 bits per heavy atom. The molecule has 0 unspecified atom stereocenters. The fourth-order valence-electron chi connectivity index (χ4n) is 2.10. The second kappa shape index (κ2) is 4.97. The maximum absolute atomic E-state index is 11.9. The summed E-state index contributed by atoms with van der Waals surface area (Å²) in [5.41, 5.74) is -0.0276. The van der Waals surface area contributed by atoms with Crippen LogP contribution >= 0.6 is 0 Å². The molecule has 1 heterocycles. The van der Waals surface area contributed by atoms with Gasteiger partial charge in [0.15, 0.2) is 0 Å². The number of nitrogens with zero attached hydrogens (tertiary/aromatic N) is 1. The Labute approximate surface area is 106 Å². The van der Waals surface area contributed by atoms with Crippen LogP contribution in [0.5, 0.6) is 0 Å². The monoisotopic (exact) mass is 240 g/mol. The molecule has 1 saturated heterocycles. The highest BCUT2D eigenvalue weighted by Gasteiger charge is 2.29. The predicted octanol–water partition coefficient (Wildman–Crippen LogP) is 2.41. The Morgan fingerprint density at radius 3 is 1.88 bits per heavy atom. The quantitative estimate of drug-likeness (QED) is 0.763. The standard InChI is InChI=1S/C14H28N2O/c1-13(2,3)12(17)15-11-7-9-16(10-8-11)14(4,5)6/h11H,7-10H2,1-6H3,(H,15,17). The van der Waals surface area contributed by atoms with E-state index in [1.54, 1.807) is 0 Å². The predicted molar refractivity (Wildman–Crippen MR) is 71.9 cm³/mol. The normalized spacial score (nSPS) is 20.4. The van der Waals surface area contributed by atoms with Crippen LogP contribution in [0, 0.1) is 5.41 Å². The Balaban J connectivity index is 2.41. The third kappa shape index (κ3) is 4.30. The number of carbonyl (C=O) groups is 1. The second-order valence-corrected chi connectivity index (χ2v) is 7.16. The highest BCUT2D eigenvalue weighted by Crippen LogP contribution is 2.21. The molecule has 1 aliphatic rings. The van der Waals surface area contributed by atoms with Crippen LogP contribution in [0.4, 0.5) is 0 Å². The van der Waals surface area contributed by atoms with Crippen molar-refractivity contribution >= 4 is 5.91 Å². The molecule has 0 aliphatic carbocycles. The van der Waals surface area contributed by atoms with Crippen LogP contribution in [0.1, 0.15) is 54.4 Å². The lowest BCUT2D eigenvalue weighted by molar-refractivity contribution is -0.129. The Bertz CT molecular complexity index is 265. The van der Waals surface area contributed by atoms with Crippen LogP contribution in [0.15, 0.2) is 0 Å². The van der Waals surface area contributed by atoms with E-state index in [1.807, 2.05) is 20.8 Å². The van der Waals surface area contributed by atoms with Gasteiger partial charge in [-0.15, -0.1) is 0 Å². The van der Waals surface area contributed by atoms with Gasteiger partial charge in [0.25, 0.3) is 0 Å². The lowest BCUT2D eigenvalue weighted by Crippen LogP contribution is -2.52. The summed E-state index contributed by atoms with van der Waals surface area (Å²) in [6.45, 7) is 14.8. The topological polar surface area (TPSA) is 32.3 Å². The van der Waals surface area contributed by atoms with Gasteiger partial charge in [-0.2, -0.15) is 0 Å². The zero-order valence-electron chi connectivity index (χ0n) is 12.3. The number of rotatable bonds is 1. The molecule has 0 aromatic rings. The third-order valence-electron chi connectivity index (χ3n) is 3.46. The number of carbonyl (C=O) groups excluding carboxylic acids is 1. The first-order chi connectivity index (χ1) is 7.60. The highest BCUT2D eigenvalue weighted by molar-refractivity contribution is 5.81. The summed E-state index contributed by atoms with van der Waals surface area (Å²) >= 11 is 0. The third-order valence-corrected chi connectivity index (χ3v) is 3.46. The average molecular weight is 240 g/mol. The van der Waals surface area contributed by atoms with E-state index in [9.17, 15) is 4.79 Å². The van der Waals surface area contributed by atoms with Crippen LogP contribution in [-0.4, -0.2) is 35.5 Å². The van der Waals surface area contributed by atoms with E-state index in [0.29, 0.717) is 6.04 Å². The molecule has 3 nitrogen and oxygen atoms in total. The van der Waals surface area contributed by atoms with E-state index in [-0.39, 0.29) is 16.9 Å². The lowest BCUT2D eigenvalue weighted by Gasteiger charge is -2.41. The van der Waals surface area contributed by atoms with Crippen molar-refractivity contribution in [3.8, 4) is 0 Å². The molecule has 0 aromatic carbocycles. The maximum atomic E-state index is 11.9. The van der Waals surface area contributed by atoms with Crippen molar-refractivity contribution in [2.45, 2.75) is 66.0 Å². The van der Waals surface area contributed by atoms with E-state index >= 15 is 0 Å². The minimum Gasteiger partial charge on any atom is -0.353 e. The first-order valence-electron chi connectivity index (χ1n) is 6.67. The molecule has 1 rings (SSSR count). The molecule has 100 valence electrons. The molecule has 1 fully saturated rings. The van der Waals surface area contributed by atoms with Gasteiger partial charge in [-0.1, -0.05) is 20.8 Å². The van der Waals surface area contributed by atoms with Crippen LogP contribution in [0.25, 0.3) is 0 Å². The van der Waals surface area contributed by atoms with Gasteiger partial charge in [-0.05, 0) is 33.6 Å². The first-order valence-corrected chi connectivity index (χ1v) is 6.67. The molecule has 1 N–H and O–H groups in total. The average Bonchev–Trinajstić information content (AvgIpc) is 2.15. The summed E-state index contributed by atoms with van der Waals surface area (Å²) in [5.74, 6) is 0.173. The van der Waals surface area contributed by atoms with Gasteiger partial charge >= 0.3 is 0 Å². The largest absolute Gasteiger partial charge is 0.353 e. The molecule has 3 heteroatoms. The van der Waals surface area contributed by atoms with Gasteiger partial charge < -0.3 is 5.32 Å². The summed E-state index contributed by atoms with van der Waals surface area (Å²) < 4.78 is 0.